The molecule has 0 unspecified atom stereocenters. The first kappa shape index (κ1) is 25.0. The van der Waals surface area contributed by atoms with Gasteiger partial charge in [-0.2, -0.15) is 5.10 Å². The average molecular weight is 512 g/mol. The first-order valence-corrected chi connectivity index (χ1v) is 13.1. The number of benzene rings is 1. The minimum absolute atomic E-state index is 0.0244. The first-order chi connectivity index (χ1) is 17.3. The average Bonchev–Trinajstić information content (AvgIpc) is 3.23. The van der Waals surface area contributed by atoms with Crippen LogP contribution in [0.3, 0.4) is 0 Å². The van der Waals surface area contributed by atoms with Gasteiger partial charge < -0.3 is 15.8 Å². The molecule has 0 bridgehead atoms. The number of halogens is 1. The van der Waals surface area contributed by atoms with Crippen molar-refractivity contribution in [3.63, 3.8) is 0 Å². The number of hydrogen-bond donors (Lipinski definition) is 2. The molecule has 192 valence electrons. The molecule has 1 saturated heterocycles. The fourth-order valence-electron chi connectivity index (χ4n) is 5.71. The van der Waals surface area contributed by atoms with E-state index in [-0.39, 0.29) is 23.5 Å². The Kier molecular flexibility index (Phi) is 7.19. The number of rotatable bonds is 7. The predicted octanol–water partition coefficient (Wildman–Crippen LogP) is 3.01. The van der Waals surface area contributed by atoms with Crippen LogP contribution in [0.2, 0.25) is 5.02 Å². The van der Waals surface area contributed by atoms with Gasteiger partial charge >= 0.3 is 0 Å². The highest BCUT2D eigenvalue weighted by molar-refractivity contribution is 6.30. The predicted molar refractivity (Wildman–Crippen MR) is 143 cm³/mol. The van der Waals surface area contributed by atoms with Gasteiger partial charge in [0, 0.05) is 48.9 Å². The number of morpholine rings is 1. The molecule has 1 aliphatic heterocycles. The molecule has 0 radical (unpaired) electrons. The number of ether oxygens (including phenoxy) is 1. The quantitative estimate of drug-likeness (QED) is 0.470. The van der Waals surface area contributed by atoms with E-state index in [1.54, 1.807) is 0 Å². The van der Waals surface area contributed by atoms with Gasteiger partial charge in [0.05, 0.1) is 18.4 Å². The van der Waals surface area contributed by atoms with E-state index in [1.165, 1.54) is 17.0 Å². The van der Waals surface area contributed by atoms with E-state index in [0.29, 0.717) is 25.1 Å². The SMILES string of the molecule is Cc1cc(C2CCC(N3C[C@H](CNc4c(N)c(=O)c4=O)OC[C@@H]3Cc3ccc(Cl)cc3)CC2)nn1C. The maximum Gasteiger partial charge on any atom is 0.253 e. The molecule has 3 N–H and O–H groups in total. The molecule has 9 heteroatoms. The van der Waals surface area contributed by atoms with Crippen molar-refractivity contribution in [2.75, 3.05) is 30.7 Å². The molecule has 0 spiro atoms. The minimum atomic E-state index is -0.605. The van der Waals surface area contributed by atoms with Crippen molar-refractivity contribution in [1.29, 1.82) is 0 Å². The summed E-state index contributed by atoms with van der Waals surface area (Å²) in [6, 6.07) is 11.0. The monoisotopic (exact) mass is 511 g/mol. The second-order valence-corrected chi connectivity index (χ2v) is 10.7. The molecule has 1 saturated carbocycles. The summed E-state index contributed by atoms with van der Waals surface area (Å²) in [4.78, 5) is 25.8. The summed E-state index contributed by atoms with van der Waals surface area (Å²) in [7, 11) is 2.00. The Balaban J connectivity index is 1.26. The molecular formula is C27H34ClN5O3. The Hall–Kier alpha value is -2.68. The van der Waals surface area contributed by atoms with Gasteiger partial charge in [-0.05, 0) is 62.8 Å². The summed E-state index contributed by atoms with van der Waals surface area (Å²) in [5.41, 5.74) is 8.44. The highest BCUT2D eigenvalue weighted by Gasteiger charge is 2.36. The molecular weight excluding hydrogens is 478 g/mol. The lowest BCUT2D eigenvalue weighted by Gasteiger charge is -2.46. The lowest BCUT2D eigenvalue weighted by molar-refractivity contribution is -0.0789. The summed E-state index contributed by atoms with van der Waals surface area (Å²) in [5.74, 6) is 0.506. The Labute approximate surface area is 216 Å². The third-order valence-corrected chi connectivity index (χ3v) is 8.21. The van der Waals surface area contributed by atoms with Gasteiger partial charge in [0.2, 0.25) is 0 Å². The third kappa shape index (κ3) is 5.08. The van der Waals surface area contributed by atoms with E-state index in [1.807, 2.05) is 23.9 Å². The van der Waals surface area contributed by atoms with Crippen molar-refractivity contribution in [3.05, 3.63) is 72.8 Å². The van der Waals surface area contributed by atoms with Crippen LogP contribution in [0, 0.1) is 6.92 Å². The summed E-state index contributed by atoms with van der Waals surface area (Å²) < 4.78 is 8.19. The molecule has 5 rings (SSSR count). The topological polar surface area (TPSA) is 102 Å². The van der Waals surface area contributed by atoms with Gasteiger partial charge in [-0.15, -0.1) is 0 Å². The van der Waals surface area contributed by atoms with Crippen molar-refractivity contribution in [1.82, 2.24) is 14.7 Å². The number of aryl methyl sites for hydroxylation is 2. The van der Waals surface area contributed by atoms with Crippen LogP contribution in [0.5, 0.6) is 0 Å². The van der Waals surface area contributed by atoms with Crippen LogP contribution in [-0.4, -0.2) is 52.6 Å². The summed E-state index contributed by atoms with van der Waals surface area (Å²) >= 11 is 6.10. The normalized spacial score (nSPS) is 25.3. The molecule has 0 amide bonds. The molecule has 2 heterocycles. The fraction of sp³-hybridized carbons (Fsp3) is 0.519. The van der Waals surface area contributed by atoms with Crippen LogP contribution < -0.4 is 21.9 Å². The zero-order valence-corrected chi connectivity index (χ0v) is 21.6. The van der Waals surface area contributed by atoms with Crippen LogP contribution >= 0.6 is 11.6 Å². The first-order valence-electron chi connectivity index (χ1n) is 12.7. The van der Waals surface area contributed by atoms with E-state index >= 15 is 0 Å². The Bertz CT molecular complexity index is 1250. The van der Waals surface area contributed by atoms with E-state index in [4.69, 9.17) is 27.2 Å². The van der Waals surface area contributed by atoms with Gasteiger partial charge in [0.1, 0.15) is 11.4 Å². The zero-order valence-electron chi connectivity index (χ0n) is 20.9. The van der Waals surface area contributed by atoms with Gasteiger partial charge in [0.25, 0.3) is 10.9 Å². The van der Waals surface area contributed by atoms with Crippen molar-refractivity contribution in [2.24, 2.45) is 7.05 Å². The van der Waals surface area contributed by atoms with Gasteiger partial charge in [0.15, 0.2) is 0 Å². The van der Waals surface area contributed by atoms with Crippen LogP contribution in [0.25, 0.3) is 0 Å². The summed E-state index contributed by atoms with van der Waals surface area (Å²) in [6.45, 7) is 3.91. The smallest absolute Gasteiger partial charge is 0.253 e. The third-order valence-electron chi connectivity index (χ3n) is 7.96. The van der Waals surface area contributed by atoms with Crippen molar-refractivity contribution in [2.45, 2.75) is 63.1 Å². The minimum Gasteiger partial charge on any atom is -0.394 e. The van der Waals surface area contributed by atoms with Gasteiger partial charge in [-0.1, -0.05) is 23.7 Å². The molecule has 1 aromatic heterocycles. The summed E-state index contributed by atoms with van der Waals surface area (Å²) in [6.07, 6.45) is 5.27. The van der Waals surface area contributed by atoms with Crippen LogP contribution in [0.1, 0.15) is 48.6 Å². The van der Waals surface area contributed by atoms with Gasteiger partial charge in [-0.3, -0.25) is 19.2 Å². The molecule has 2 atom stereocenters. The molecule has 2 fully saturated rings. The Morgan fingerprint density at radius 3 is 2.50 bits per heavy atom. The summed E-state index contributed by atoms with van der Waals surface area (Å²) in [5, 5.41) is 8.53. The molecule has 1 aliphatic carbocycles. The highest BCUT2D eigenvalue weighted by Crippen LogP contribution is 2.36. The van der Waals surface area contributed by atoms with Crippen LogP contribution in [0.4, 0.5) is 11.4 Å². The largest absolute Gasteiger partial charge is 0.394 e. The van der Waals surface area contributed by atoms with E-state index in [2.05, 4.69) is 35.3 Å². The van der Waals surface area contributed by atoms with Crippen molar-refractivity contribution in [3.8, 4) is 0 Å². The molecule has 2 aromatic carbocycles. The number of aromatic nitrogens is 2. The number of nitrogens with one attached hydrogen (secondary N) is 1. The van der Waals surface area contributed by atoms with E-state index in [9.17, 15) is 9.59 Å². The number of nitrogen functional groups attached to an aromatic ring is 1. The Morgan fingerprint density at radius 1 is 1.14 bits per heavy atom. The van der Waals surface area contributed by atoms with Crippen LogP contribution in [-0.2, 0) is 18.2 Å². The second kappa shape index (κ2) is 10.4. The number of nitrogens with two attached hydrogens (primary N) is 1. The molecule has 2 aliphatic rings. The van der Waals surface area contributed by atoms with Crippen molar-refractivity contribution < 1.29 is 4.74 Å². The lowest BCUT2D eigenvalue weighted by atomic mass is 9.82. The number of nitrogens with zero attached hydrogens (tertiary/aromatic N) is 3. The highest BCUT2D eigenvalue weighted by atomic mass is 35.5. The maximum atomic E-state index is 11.8. The molecule has 8 nitrogen and oxygen atoms in total. The van der Waals surface area contributed by atoms with Crippen molar-refractivity contribution >= 4 is 23.0 Å². The van der Waals surface area contributed by atoms with E-state index in [0.717, 1.165) is 43.7 Å². The zero-order chi connectivity index (χ0) is 25.4. The Morgan fingerprint density at radius 2 is 1.86 bits per heavy atom. The van der Waals surface area contributed by atoms with Gasteiger partial charge in [-0.25, -0.2) is 0 Å². The van der Waals surface area contributed by atoms with E-state index < -0.39 is 10.9 Å². The second-order valence-electron chi connectivity index (χ2n) is 10.3. The van der Waals surface area contributed by atoms with Crippen LogP contribution in [0.15, 0.2) is 39.9 Å². The number of hydrogen-bond acceptors (Lipinski definition) is 7. The maximum absolute atomic E-state index is 11.8. The lowest BCUT2D eigenvalue weighted by Crippen LogP contribution is -2.57. The standard InChI is InChI=1S/C27H34ClN5O3/c1-16-11-23(31-32(16)2)18-5-9-20(10-6-18)33-14-22(13-30-25-24(29)26(34)27(25)35)36-15-21(33)12-17-3-7-19(28)8-4-17/h3-4,7-8,11,18,20-22,30H,5-6,9-10,12-15,29H2,1-2H3/t18?,20?,21-,22-/m0/s1. The fourth-order valence-corrected chi connectivity index (χ4v) is 5.84. The number of anilines is 2. The molecule has 3 aromatic rings. The molecule has 36 heavy (non-hydrogen) atoms.